The van der Waals surface area contributed by atoms with Crippen LogP contribution in [0.4, 0.5) is 4.39 Å². The Morgan fingerprint density at radius 3 is 2.88 bits per heavy atom. The fourth-order valence-electron chi connectivity index (χ4n) is 3.35. The van der Waals surface area contributed by atoms with Gasteiger partial charge in [0.05, 0.1) is 11.8 Å². The number of likely N-dealkylation sites (tertiary alicyclic amines) is 1. The fourth-order valence-corrected chi connectivity index (χ4v) is 4.05. The summed E-state index contributed by atoms with van der Waals surface area (Å²) in [5.74, 6) is -0.335. The second kappa shape index (κ2) is 7.99. The van der Waals surface area contributed by atoms with Crippen LogP contribution in [0.5, 0.6) is 0 Å². The van der Waals surface area contributed by atoms with E-state index in [4.69, 9.17) is 0 Å². The van der Waals surface area contributed by atoms with Crippen LogP contribution in [0.15, 0.2) is 41.8 Å². The number of rotatable bonds is 5. The van der Waals surface area contributed by atoms with Crippen LogP contribution in [-0.4, -0.2) is 29.8 Å². The Labute approximate surface area is 157 Å². The van der Waals surface area contributed by atoms with Crippen LogP contribution in [-0.2, 0) is 22.6 Å². The van der Waals surface area contributed by atoms with E-state index >= 15 is 0 Å². The largest absolute Gasteiger partial charge is 0.351 e. The maximum Gasteiger partial charge on any atom is 0.227 e. The van der Waals surface area contributed by atoms with Crippen molar-refractivity contribution in [3.05, 3.63) is 58.0 Å². The topological polar surface area (TPSA) is 49.4 Å². The molecule has 26 heavy (non-hydrogen) atoms. The predicted octanol–water partition coefficient (Wildman–Crippen LogP) is 3.37. The zero-order valence-corrected chi connectivity index (χ0v) is 15.7. The number of piperidine rings is 1. The molecule has 1 aliphatic rings. The van der Waals surface area contributed by atoms with Gasteiger partial charge < -0.3 is 10.2 Å². The highest BCUT2D eigenvalue weighted by Crippen LogP contribution is 2.30. The quantitative estimate of drug-likeness (QED) is 0.872. The first-order valence-corrected chi connectivity index (χ1v) is 9.67. The molecule has 6 heteroatoms. The molecule has 138 valence electrons. The van der Waals surface area contributed by atoms with Crippen LogP contribution in [0, 0.1) is 11.2 Å². The van der Waals surface area contributed by atoms with Crippen LogP contribution in [0.3, 0.4) is 0 Å². The third kappa shape index (κ3) is 4.49. The molecule has 0 aliphatic carbocycles. The van der Waals surface area contributed by atoms with Gasteiger partial charge in [0.25, 0.3) is 0 Å². The molecule has 1 fully saturated rings. The van der Waals surface area contributed by atoms with Gasteiger partial charge in [-0.3, -0.25) is 9.59 Å². The van der Waals surface area contributed by atoms with Gasteiger partial charge >= 0.3 is 0 Å². The van der Waals surface area contributed by atoms with Crippen LogP contribution < -0.4 is 5.32 Å². The van der Waals surface area contributed by atoms with Crippen LogP contribution in [0.1, 0.15) is 30.2 Å². The van der Waals surface area contributed by atoms with Crippen LogP contribution in [0.25, 0.3) is 0 Å². The minimum Gasteiger partial charge on any atom is -0.351 e. The maximum absolute atomic E-state index is 13.3. The highest BCUT2D eigenvalue weighted by atomic mass is 32.1. The summed E-state index contributed by atoms with van der Waals surface area (Å²) < 4.78 is 13.3. The van der Waals surface area contributed by atoms with Crippen molar-refractivity contribution in [2.75, 3.05) is 13.1 Å². The zero-order chi connectivity index (χ0) is 18.6. The maximum atomic E-state index is 13.3. The molecule has 2 amide bonds. The molecule has 1 aromatic heterocycles. The highest BCUT2D eigenvalue weighted by Gasteiger charge is 2.39. The second-order valence-electron chi connectivity index (χ2n) is 7.05. The first-order valence-electron chi connectivity index (χ1n) is 8.79. The Morgan fingerprint density at radius 1 is 1.31 bits per heavy atom. The van der Waals surface area contributed by atoms with Crippen molar-refractivity contribution < 1.29 is 14.0 Å². The molecule has 0 bridgehead atoms. The average molecular weight is 374 g/mol. The number of carbonyl (C=O) groups is 2. The number of benzene rings is 1. The van der Waals surface area contributed by atoms with Crippen molar-refractivity contribution in [2.24, 2.45) is 5.41 Å². The molecule has 0 radical (unpaired) electrons. The lowest BCUT2D eigenvalue weighted by Gasteiger charge is -2.39. The Kier molecular flexibility index (Phi) is 5.71. The van der Waals surface area contributed by atoms with E-state index in [0.29, 0.717) is 19.5 Å². The summed E-state index contributed by atoms with van der Waals surface area (Å²) in [6.45, 7) is 3.30. The summed E-state index contributed by atoms with van der Waals surface area (Å²) in [4.78, 5) is 28.1. The molecule has 1 aromatic carbocycles. The number of hydrogen-bond donors (Lipinski definition) is 1. The number of halogens is 1. The Hall–Kier alpha value is -2.21. The smallest absolute Gasteiger partial charge is 0.227 e. The Balaban J connectivity index is 1.59. The summed E-state index contributed by atoms with van der Waals surface area (Å²) in [5, 5.41) is 4.86. The summed E-state index contributed by atoms with van der Waals surface area (Å²) in [5.41, 5.74) is 0.111. The van der Waals surface area contributed by atoms with Gasteiger partial charge in [0.1, 0.15) is 5.82 Å². The van der Waals surface area contributed by atoms with Crippen molar-refractivity contribution in [2.45, 2.75) is 32.7 Å². The van der Waals surface area contributed by atoms with E-state index in [2.05, 4.69) is 5.32 Å². The number of nitrogens with zero attached hydrogens (tertiary/aromatic N) is 1. The number of carbonyl (C=O) groups excluding carboxylic acids is 2. The summed E-state index contributed by atoms with van der Waals surface area (Å²) >= 11 is 1.57. The van der Waals surface area contributed by atoms with Crippen molar-refractivity contribution in [1.29, 1.82) is 0 Å². The Morgan fingerprint density at radius 2 is 2.15 bits per heavy atom. The van der Waals surface area contributed by atoms with Gasteiger partial charge in [-0.15, -0.1) is 11.3 Å². The van der Waals surface area contributed by atoms with Crippen molar-refractivity contribution in [1.82, 2.24) is 10.2 Å². The molecule has 3 rings (SSSR count). The minimum absolute atomic E-state index is 0.0660. The normalized spacial score (nSPS) is 20.0. The van der Waals surface area contributed by atoms with Gasteiger partial charge in [-0.1, -0.05) is 18.2 Å². The van der Waals surface area contributed by atoms with Gasteiger partial charge in [0, 0.05) is 24.5 Å². The molecule has 0 saturated carbocycles. The van der Waals surface area contributed by atoms with Gasteiger partial charge in [0.15, 0.2) is 0 Å². The van der Waals surface area contributed by atoms with E-state index in [9.17, 15) is 14.0 Å². The molecule has 2 aromatic rings. The fraction of sp³-hybridized carbons (Fsp3) is 0.400. The van der Waals surface area contributed by atoms with E-state index in [1.807, 2.05) is 24.4 Å². The minimum atomic E-state index is -0.614. The Bertz CT molecular complexity index is 778. The van der Waals surface area contributed by atoms with Gasteiger partial charge in [-0.2, -0.15) is 0 Å². The SMILES string of the molecule is CC1(C(=O)NCc2cccc(F)c2)CCCN(C(=O)Cc2cccs2)C1. The number of nitrogens with one attached hydrogen (secondary N) is 1. The molecule has 1 atom stereocenters. The van der Waals surface area contributed by atoms with Gasteiger partial charge in [-0.25, -0.2) is 4.39 Å². The average Bonchev–Trinajstić information content (AvgIpc) is 3.12. The predicted molar refractivity (Wildman–Crippen MR) is 100 cm³/mol. The molecule has 4 nitrogen and oxygen atoms in total. The molecular formula is C20H23FN2O2S. The second-order valence-corrected chi connectivity index (χ2v) is 8.08. The van der Waals surface area contributed by atoms with Crippen LogP contribution >= 0.6 is 11.3 Å². The van der Waals surface area contributed by atoms with E-state index in [-0.39, 0.29) is 24.2 Å². The van der Waals surface area contributed by atoms with E-state index in [1.165, 1.54) is 12.1 Å². The number of thiophene rings is 1. The molecular weight excluding hydrogens is 351 g/mol. The summed E-state index contributed by atoms with van der Waals surface area (Å²) in [6, 6.07) is 10.1. The first kappa shape index (κ1) is 18.6. The number of amides is 2. The lowest BCUT2D eigenvalue weighted by Crippen LogP contribution is -2.52. The molecule has 1 N–H and O–H groups in total. The third-order valence-electron chi connectivity index (χ3n) is 4.84. The first-order chi connectivity index (χ1) is 12.5. The van der Waals surface area contributed by atoms with Crippen LogP contribution in [0.2, 0.25) is 0 Å². The lowest BCUT2D eigenvalue weighted by molar-refractivity contribution is -0.140. The molecule has 1 unspecified atom stereocenters. The van der Waals surface area contributed by atoms with Gasteiger partial charge in [-0.05, 0) is 48.9 Å². The third-order valence-corrected chi connectivity index (χ3v) is 5.72. The van der Waals surface area contributed by atoms with Crippen molar-refractivity contribution in [3.8, 4) is 0 Å². The molecule has 0 spiro atoms. The standard InChI is InChI=1S/C20H23FN2O2S/c1-20(19(25)22-13-15-5-2-6-16(21)11-15)8-4-9-23(14-20)18(24)12-17-7-3-10-26-17/h2-3,5-7,10-11H,4,8-9,12-14H2,1H3,(H,22,25). The summed E-state index contributed by atoms with van der Waals surface area (Å²) in [6.07, 6.45) is 1.93. The molecule has 1 aliphatic heterocycles. The summed E-state index contributed by atoms with van der Waals surface area (Å²) in [7, 11) is 0. The van der Waals surface area contributed by atoms with E-state index in [0.717, 1.165) is 23.3 Å². The highest BCUT2D eigenvalue weighted by molar-refractivity contribution is 7.10. The molecule has 2 heterocycles. The van der Waals surface area contributed by atoms with E-state index < -0.39 is 5.41 Å². The lowest BCUT2D eigenvalue weighted by atomic mass is 9.80. The zero-order valence-electron chi connectivity index (χ0n) is 14.8. The van der Waals surface area contributed by atoms with Crippen molar-refractivity contribution >= 4 is 23.2 Å². The van der Waals surface area contributed by atoms with E-state index in [1.54, 1.807) is 28.4 Å². The molecule has 1 saturated heterocycles. The number of hydrogen-bond acceptors (Lipinski definition) is 3. The van der Waals surface area contributed by atoms with Gasteiger partial charge in [0.2, 0.25) is 11.8 Å². The monoisotopic (exact) mass is 374 g/mol. The van der Waals surface area contributed by atoms with Crippen molar-refractivity contribution in [3.63, 3.8) is 0 Å².